The lowest BCUT2D eigenvalue weighted by atomic mass is 10.6. The van der Waals surface area contributed by atoms with Gasteiger partial charge in [0.25, 0.3) is 0 Å². The van der Waals surface area contributed by atoms with E-state index in [0.717, 1.165) is 0 Å². The zero-order valence-electron chi connectivity index (χ0n) is 5.40. The maximum absolute atomic E-state index is 5.69. The molecule has 2 aromatic rings. The Morgan fingerprint density at radius 1 is 1.36 bits per heavy atom. The number of nitrogens with zero attached hydrogens (tertiary/aromatic N) is 4. The molecule has 0 aliphatic carbocycles. The second-order valence-corrected chi connectivity index (χ2v) is 2.35. The second-order valence-electron chi connectivity index (χ2n) is 1.99. The van der Waals surface area contributed by atoms with E-state index in [-0.39, 0.29) is 0 Å². The Bertz CT molecular complexity index is 395. The fourth-order valence-corrected chi connectivity index (χ4v) is 1.00. The lowest BCUT2D eigenvalue weighted by Gasteiger charge is -1.91. The average Bonchev–Trinajstić information content (AvgIpc) is 2.35. The van der Waals surface area contributed by atoms with E-state index < -0.39 is 0 Å². The molecule has 2 rings (SSSR count). The standard InChI is InChI=1S/C5H4ClN5/c6-4-3-5(9-1-8-4)11(7)2-10-3/h1-2H,7H2. The van der Waals surface area contributed by atoms with E-state index in [4.69, 9.17) is 17.4 Å². The number of nitrogen functional groups attached to an aromatic ring is 1. The number of hydrogen-bond donors (Lipinski definition) is 1. The second kappa shape index (κ2) is 2.06. The van der Waals surface area contributed by atoms with E-state index in [1.807, 2.05) is 0 Å². The molecule has 2 heterocycles. The van der Waals surface area contributed by atoms with Crippen LogP contribution in [0.5, 0.6) is 0 Å². The van der Waals surface area contributed by atoms with E-state index in [1.54, 1.807) is 0 Å². The van der Waals surface area contributed by atoms with Crippen LogP contribution < -0.4 is 5.84 Å². The highest BCUT2D eigenvalue weighted by atomic mass is 35.5. The first-order valence-electron chi connectivity index (χ1n) is 2.87. The highest BCUT2D eigenvalue weighted by Gasteiger charge is 2.04. The molecular weight excluding hydrogens is 166 g/mol. The van der Waals surface area contributed by atoms with Crippen LogP contribution in [0.15, 0.2) is 12.7 Å². The summed E-state index contributed by atoms with van der Waals surface area (Å²) in [7, 11) is 0. The first kappa shape index (κ1) is 6.36. The predicted octanol–water partition coefficient (Wildman–Crippen LogP) is 0.194. The van der Waals surface area contributed by atoms with E-state index in [1.165, 1.54) is 17.3 Å². The van der Waals surface area contributed by atoms with Crippen molar-refractivity contribution in [3.8, 4) is 0 Å². The number of hydrogen-bond acceptors (Lipinski definition) is 4. The first-order chi connectivity index (χ1) is 5.29. The predicted molar refractivity (Wildman–Crippen MR) is 40.5 cm³/mol. The van der Waals surface area contributed by atoms with Crippen LogP contribution in [0.4, 0.5) is 0 Å². The molecule has 0 fully saturated rings. The Morgan fingerprint density at radius 3 is 2.91 bits per heavy atom. The molecule has 0 unspecified atom stereocenters. The summed E-state index contributed by atoms with van der Waals surface area (Å²) >= 11 is 5.69. The summed E-state index contributed by atoms with van der Waals surface area (Å²) in [6.07, 6.45) is 2.78. The zero-order valence-corrected chi connectivity index (χ0v) is 6.15. The molecule has 56 valence electrons. The van der Waals surface area contributed by atoms with Crippen molar-refractivity contribution in [1.82, 2.24) is 19.6 Å². The highest BCUT2D eigenvalue weighted by molar-refractivity contribution is 6.33. The molecular formula is C5H4ClN5. The van der Waals surface area contributed by atoms with Gasteiger partial charge in [0.05, 0.1) is 0 Å². The van der Waals surface area contributed by atoms with E-state index >= 15 is 0 Å². The fourth-order valence-electron chi connectivity index (χ4n) is 0.823. The van der Waals surface area contributed by atoms with Crippen LogP contribution in [-0.4, -0.2) is 19.6 Å². The number of aromatic nitrogens is 4. The maximum atomic E-state index is 5.69. The molecule has 0 amide bonds. The van der Waals surface area contributed by atoms with Gasteiger partial charge in [-0.1, -0.05) is 11.6 Å². The summed E-state index contributed by atoms with van der Waals surface area (Å²) in [5.41, 5.74) is 1.06. The molecule has 0 radical (unpaired) electrons. The van der Waals surface area contributed by atoms with Crippen LogP contribution in [0.2, 0.25) is 5.15 Å². The molecule has 0 saturated carbocycles. The smallest absolute Gasteiger partial charge is 0.183 e. The third-order valence-electron chi connectivity index (χ3n) is 1.31. The van der Waals surface area contributed by atoms with Gasteiger partial charge in [0.2, 0.25) is 0 Å². The minimum absolute atomic E-state index is 0.319. The van der Waals surface area contributed by atoms with Gasteiger partial charge in [-0.25, -0.2) is 19.6 Å². The van der Waals surface area contributed by atoms with Crippen molar-refractivity contribution >= 4 is 22.8 Å². The topological polar surface area (TPSA) is 69.6 Å². The molecule has 0 saturated heterocycles. The quantitative estimate of drug-likeness (QED) is 0.452. The van der Waals surface area contributed by atoms with Gasteiger partial charge >= 0.3 is 0 Å². The average molecular weight is 170 g/mol. The van der Waals surface area contributed by atoms with Crippen LogP contribution >= 0.6 is 11.6 Å². The van der Waals surface area contributed by atoms with Gasteiger partial charge in [0.1, 0.15) is 18.2 Å². The van der Waals surface area contributed by atoms with Crippen molar-refractivity contribution < 1.29 is 0 Å². The summed E-state index contributed by atoms with van der Waals surface area (Å²) in [5.74, 6) is 5.45. The number of halogens is 1. The Labute approximate surface area is 66.8 Å². The Morgan fingerprint density at radius 2 is 2.18 bits per heavy atom. The SMILES string of the molecule is Nn1cnc2c(Cl)ncnc21. The van der Waals surface area contributed by atoms with Crippen molar-refractivity contribution in [2.75, 3.05) is 5.84 Å². The lowest BCUT2D eigenvalue weighted by molar-refractivity contribution is 1.01. The number of nitrogens with two attached hydrogens (primary N) is 1. The molecule has 0 aliphatic heterocycles. The summed E-state index contributed by atoms with van der Waals surface area (Å²) < 4.78 is 1.29. The number of imidazole rings is 1. The van der Waals surface area contributed by atoms with Crippen LogP contribution in [0.25, 0.3) is 11.2 Å². The zero-order chi connectivity index (χ0) is 7.84. The Balaban J connectivity index is 2.94. The summed E-state index contributed by atoms with van der Waals surface area (Å²) in [5, 5.41) is 0.319. The molecule has 2 aromatic heterocycles. The van der Waals surface area contributed by atoms with Crippen LogP contribution in [0.1, 0.15) is 0 Å². The van der Waals surface area contributed by atoms with Gasteiger partial charge in [-0.3, -0.25) is 0 Å². The Hall–Kier alpha value is -1.36. The maximum Gasteiger partial charge on any atom is 0.183 e. The normalized spacial score (nSPS) is 10.6. The highest BCUT2D eigenvalue weighted by Crippen LogP contribution is 2.14. The molecule has 0 atom stereocenters. The monoisotopic (exact) mass is 169 g/mol. The van der Waals surface area contributed by atoms with Crippen molar-refractivity contribution in [3.05, 3.63) is 17.8 Å². The van der Waals surface area contributed by atoms with E-state index in [9.17, 15) is 0 Å². The molecule has 2 N–H and O–H groups in total. The Kier molecular flexibility index (Phi) is 1.19. The van der Waals surface area contributed by atoms with Crippen LogP contribution in [-0.2, 0) is 0 Å². The van der Waals surface area contributed by atoms with Gasteiger partial charge < -0.3 is 5.84 Å². The molecule has 0 spiro atoms. The third kappa shape index (κ3) is 0.813. The molecule has 11 heavy (non-hydrogen) atoms. The minimum atomic E-state index is 0.319. The molecule has 6 heteroatoms. The molecule has 5 nitrogen and oxygen atoms in total. The van der Waals surface area contributed by atoms with Crippen molar-refractivity contribution in [3.63, 3.8) is 0 Å². The third-order valence-corrected chi connectivity index (χ3v) is 1.59. The molecule has 0 aromatic carbocycles. The van der Waals surface area contributed by atoms with Crippen LogP contribution in [0, 0.1) is 0 Å². The van der Waals surface area contributed by atoms with Crippen LogP contribution in [0.3, 0.4) is 0 Å². The molecule has 0 aliphatic rings. The van der Waals surface area contributed by atoms with Crippen molar-refractivity contribution in [2.24, 2.45) is 0 Å². The first-order valence-corrected chi connectivity index (χ1v) is 3.25. The summed E-state index contributed by atoms with van der Waals surface area (Å²) in [6, 6.07) is 0. The number of fused-ring (bicyclic) bond motifs is 1. The van der Waals surface area contributed by atoms with E-state index in [0.29, 0.717) is 16.3 Å². The van der Waals surface area contributed by atoms with Gasteiger partial charge in [0.15, 0.2) is 10.8 Å². The lowest BCUT2D eigenvalue weighted by Crippen LogP contribution is -2.06. The van der Waals surface area contributed by atoms with Crippen molar-refractivity contribution in [2.45, 2.75) is 0 Å². The van der Waals surface area contributed by atoms with Crippen molar-refractivity contribution in [1.29, 1.82) is 0 Å². The summed E-state index contributed by atoms with van der Waals surface area (Å²) in [6.45, 7) is 0. The molecule has 0 bridgehead atoms. The summed E-state index contributed by atoms with van der Waals surface area (Å²) in [4.78, 5) is 11.5. The van der Waals surface area contributed by atoms with Gasteiger partial charge in [-0.05, 0) is 0 Å². The van der Waals surface area contributed by atoms with Gasteiger partial charge in [-0.2, -0.15) is 0 Å². The van der Waals surface area contributed by atoms with E-state index in [2.05, 4.69) is 15.0 Å². The fraction of sp³-hybridized carbons (Fsp3) is 0. The largest absolute Gasteiger partial charge is 0.336 e. The van der Waals surface area contributed by atoms with Gasteiger partial charge in [0, 0.05) is 0 Å². The minimum Gasteiger partial charge on any atom is -0.336 e. The van der Waals surface area contributed by atoms with Gasteiger partial charge in [-0.15, -0.1) is 0 Å². The number of rotatable bonds is 0.